The predicted octanol–water partition coefficient (Wildman–Crippen LogP) is 3.67. The zero-order chi connectivity index (χ0) is 17.0. The number of halogens is 1. The van der Waals surface area contributed by atoms with Gasteiger partial charge in [0.25, 0.3) is 0 Å². The molecule has 0 aliphatic carbocycles. The van der Waals surface area contributed by atoms with E-state index in [0.717, 1.165) is 31.5 Å². The Balaban J connectivity index is 0.00000312. The van der Waals surface area contributed by atoms with Gasteiger partial charge in [-0.1, -0.05) is 36.8 Å². The van der Waals surface area contributed by atoms with Crippen molar-refractivity contribution in [2.45, 2.75) is 51.5 Å². The number of nitrogens with zero attached hydrogens (tertiary/aromatic N) is 2. The molecule has 1 aromatic carbocycles. The van der Waals surface area contributed by atoms with Crippen LogP contribution in [0.4, 0.5) is 0 Å². The summed E-state index contributed by atoms with van der Waals surface area (Å²) in [6.45, 7) is 6.80. The molecule has 0 aromatic heterocycles. The van der Waals surface area contributed by atoms with E-state index in [1.54, 1.807) is 0 Å². The third kappa shape index (κ3) is 8.90. The van der Waals surface area contributed by atoms with Gasteiger partial charge in [0.2, 0.25) is 0 Å². The van der Waals surface area contributed by atoms with Crippen molar-refractivity contribution in [2.75, 3.05) is 33.2 Å². The quantitative estimate of drug-likeness (QED) is 0.270. The second kappa shape index (κ2) is 13.4. The van der Waals surface area contributed by atoms with Gasteiger partial charge < -0.3 is 15.5 Å². The first-order valence-corrected chi connectivity index (χ1v) is 9.52. The lowest BCUT2D eigenvalue weighted by atomic mass is 10.0. The molecule has 0 radical (unpaired) electrons. The third-order valence-corrected chi connectivity index (χ3v) is 4.88. The Morgan fingerprint density at radius 1 is 1.12 bits per heavy atom. The van der Waals surface area contributed by atoms with E-state index in [1.165, 1.54) is 50.8 Å². The topological polar surface area (TPSA) is 39.7 Å². The highest BCUT2D eigenvalue weighted by Gasteiger charge is 2.16. The van der Waals surface area contributed by atoms with Gasteiger partial charge in [-0.25, -0.2) is 0 Å². The number of unbranched alkanes of at least 4 members (excludes halogenated alkanes) is 1. The molecule has 1 aliphatic heterocycles. The summed E-state index contributed by atoms with van der Waals surface area (Å²) in [5.41, 5.74) is 1.36. The number of aliphatic imine (C=N–C) groups is 1. The Morgan fingerprint density at radius 2 is 1.88 bits per heavy atom. The monoisotopic (exact) mass is 458 g/mol. The zero-order valence-electron chi connectivity index (χ0n) is 15.8. The fraction of sp³-hybridized carbons (Fsp3) is 0.650. The fourth-order valence-electron chi connectivity index (χ4n) is 3.33. The van der Waals surface area contributed by atoms with Gasteiger partial charge in [0.15, 0.2) is 5.96 Å². The van der Waals surface area contributed by atoms with Gasteiger partial charge in [-0.3, -0.25) is 4.99 Å². The van der Waals surface area contributed by atoms with Crippen molar-refractivity contribution in [3.63, 3.8) is 0 Å². The molecule has 1 aliphatic rings. The minimum Gasteiger partial charge on any atom is -0.356 e. The molecule has 1 unspecified atom stereocenters. The molecule has 1 atom stereocenters. The van der Waals surface area contributed by atoms with E-state index in [-0.39, 0.29) is 24.0 Å². The highest BCUT2D eigenvalue weighted by Crippen LogP contribution is 2.16. The molecule has 1 heterocycles. The summed E-state index contributed by atoms with van der Waals surface area (Å²) in [6, 6.07) is 11.3. The van der Waals surface area contributed by atoms with E-state index in [2.05, 4.69) is 57.8 Å². The van der Waals surface area contributed by atoms with E-state index >= 15 is 0 Å². The smallest absolute Gasteiger partial charge is 0.190 e. The number of piperidine rings is 1. The van der Waals surface area contributed by atoms with Crippen molar-refractivity contribution in [1.29, 1.82) is 0 Å². The van der Waals surface area contributed by atoms with Crippen LogP contribution < -0.4 is 10.6 Å². The molecule has 1 fully saturated rings. The Hall–Kier alpha value is -0.820. The number of likely N-dealkylation sites (tertiary alicyclic amines) is 1. The van der Waals surface area contributed by atoms with Gasteiger partial charge in [-0.2, -0.15) is 0 Å². The minimum atomic E-state index is 0. The molecule has 142 valence electrons. The zero-order valence-corrected chi connectivity index (χ0v) is 18.2. The number of hydrogen-bond acceptors (Lipinski definition) is 2. The number of guanidine groups is 1. The van der Waals surface area contributed by atoms with Crippen LogP contribution >= 0.6 is 24.0 Å². The average molecular weight is 458 g/mol. The van der Waals surface area contributed by atoms with Gasteiger partial charge in [0.1, 0.15) is 0 Å². The van der Waals surface area contributed by atoms with E-state index < -0.39 is 0 Å². The Morgan fingerprint density at radius 3 is 2.60 bits per heavy atom. The maximum Gasteiger partial charge on any atom is 0.190 e. The molecule has 0 spiro atoms. The second-order valence-electron chi connectivity index (χ2n) is 6.75. The lowest BCUT2D eigenvalue weighted by molar-refractivity contribution is 0.158. The molecule has 1 aromatic rings. The molecule has 0 amide bonds. The van der Waals surface area contributed by atoms with Crippen molar-refractivity contribution in [1.82, 2.24) is 15.5 Å². The molecule has 1 saturated heterocycles. The summed E-state index contributed by atoms with van der Waals surface area (Å²) < 4.78 is 0. The largest absolute Gasteiger partial charge is 0.356 e. The molecule has 4 nitrogen and oxygen atoms in total. The normalized spacial score (nSPS) is 18.5. The molecule has 2 N–H and O–H groups in total. The Kier molecular flexibility index (Phi) is 11.9. The van der Waals surface area contributed by atoms with Crippen LogP contribution in [0.15, 0.2) is 35.3 Å². The second-order valence-corrected chi connectivity index (χ2v) is 6.75. The third-order valence-electron chi connectivity index (χ3n) is 4.88. The summed E-state index contributed by atoms with van der Waals surface area (Å²) in [5.74, 6) is 0.914. The van der Waals surface area contributed by atoms with Crippen LogP contribution in [0.5, 0.6) is 0 Å². The fourth-order valence-corrected chi connectivity index (χ4v) is 3.33. The lowest BCUT2D eigenvalue weighted by Gasteiger charge is -2.33. The molecule has 0 saturated carbocycles. The van der Waals surface area contributed by atoms with Crippen LogP contribution in [0.2, 0.25) is 0 Å². The summed E-state index contributed by atoms with van der Waals surface area (Å²) >= 11 is 0. The summed E-state index contributed by atoms with van der Waals surface area (Å²) in [6.07, 6.45) is 7.64. The molecule has 5 heteroatoms. The van der Waals surface area contributed by atoms with Crippen LogP contribution in [0, 0.1) is 0 Å². The number of hydrogen-bond donors (Lipinski definition) is 2. The molecule has 2 rings (SSSR count). The summed E-state index contributed by atoms with van der Waals surface area (Å²) in [4.78, 5) is 6.95. The van der Waals surface area contributed by atoms with Crippen molar-refractivity contribution in [3.05, 3.63) is 35.9 Å². The van der Waals surface area contributed by atoms with E-state index in [0.29, 0.717) is 0 Å². The van der Waals surface area contributed by atoms with Crippen LogP contribution in [0.3, 0.4) is 0 Å². The predicted molar refractivity (Wildman–Crippen MR) is 119 cm³/mol. The highest BCUT2D eigenvalue weighted by atomic mass is 127. The van der Waals surface area contributed by atoms with E-state index in [4.69, 9.17) is 0 Å². The number of rotatable bonds is 8. The first-order chi connectivity index (χ1) is 11.8. The van der Waals surface area contributed by atoms with Gasteiger partial charge in [0.05, 0.1) is 0 Å². The first-order valence-electron chi connectivity index (χ1n) is 9.52. The number of nitrogens with one attached hydrogen (secondary N) is 2. The molecule has 25 heavy (non-hydrogen) atoms. The van der Waals surface area contributed by atoms with Crippen LogP contribution in [-0.2, 0) is 6.42 Å². The van der Waals surface area contributed by atoms with Crippen molar-refractivity contribution in [3.8, 4) is 0 Å². The highest BCUT2D eigenvalue weighted by molar-refractivity contribution is 14.0. The molecular weight excluding hydrogens is 423 g/mol. The summed E-state index contributed by atoms with van der Waals surface area (Å²) in [7, 11) is 1.84. The van der Waals surface area contributed by atoms with Crippen LogP contribution in [-0.4, -0.2) is 50.1 Å². The molecule has 0 bridgehead atoms. The first kappa shape index (κ1) is 22.2. The van der Waals surface area contributed by atoms with Gasteiger partial charge >= 0.3 is 0 Å². The van der Waals surface area contributed by atoms with Crippen molar-refractivity contribution in [2.24, 2.45) is 4.99 Å². The van der Waals surface area contributed by atoms with Crippen LogP contribution in [0.25, 0.3) is 0 Å². The Bertz CT molecular complexity index is 478. The van der Waals surface area contributed by atoms with Gasteiger partial charge in [0, 0.05) is 26.2 Å². The SMILES string of the molecule is CN=C(NCCCCN1CCCCC1C)NCCc1ccccc1.I. The van der Waals surface area contributed by atoms with Crippen LogP contribution in [0.1, 0.15) is 44.6 Å². The summed E-state index contributed by atoms with van der Waals surface area (Å²) in [5, 5.41) is 6.82. The maximum atomic E-state index is 4.30. The molecular formula is C20H35IN4. The van der Waals surface area contributed by atoms with Gasteiger partial charge in [-0.05, 0) is 57.7 Å². The minimum absolute atomic E-state index is 0. The average Bonchev–Trinajstić information content (AvgIpc) is 2.62. The van der Waals surface area contributed by atoms with E-state index in [1.807, 2.05) is 7.05 Å². The standard InChI is InChI=1S/C20H34N4.HI/c1-18-10-6-8-16-24(18)17-9-7-14-22-20(21-2)23-15-13-19-11-4-3-5-12-19;/h3-5,11-12,18H,6-10,13-17H2,1-2H3,(H2,21,22,23);1H. The lowest BCUT2D eigenvalue weighted by Crippen LogP contribution is -2.40. The van der Waals surface area contributed by atoms with Crippen molar-refractivity contribution >= 4 is 29.9 Å². The maximum absolute atomic E-state index is 4.30. The van der Waals surface area contributed by atoms with Crippen molar-refractivity contribution < 1.29 is 0 Å². The Labute approximate surface area is 170 Å². The number of benzene rings is 1. The van der Waals surface area contributed by atoms with Gasteiger partial charge in [-0.15, -0.1) is 24.0 Å². The van der Waals surface area contributed by atoms with E-state index in [9.17, 15) is 0 Å².